The van der Waals surface area contributed by atoms with E-state index in [0.717, 1.165) is 13.1 Å². The molecule has 1 amide bonds. The molecule has 0 saturated carbocycles. The SMILES string of the molecule is CC(S)c1ccccc1N1CCN(C(=O)OC(C)(C)C)CC1. The van der Waals surface area contributed by atoms with Crippen molar-refractivity contribution in [3.8, 4) is 0 Å². The lowest BCUT2D eigenvalue weighted by molar-refractivity contribution is 0.0240. The quantitative estimate of drug-likeness (QED) is 0.842. The van der Waals surface area contributed by atoms with Gasteiger partial charge in [-0.1, -0.05) is 18.2 Å². The topological polar surface area (TPSA) is 32.8 Å². The summed E-state index contributed by atoms with van der Waals surface area (Å²) in [5, 5.41) is 0.195. The van der Waals surface area contributed by atoms with Crippen LogP contribution in [0.4, 0.5) is 10.5 Å². The van der Waals surface area contributed by atoms with Gasteiger partial charge in [0.2, 0.25) is 0 Å². The molecule has 1 aliphatic heterocycles. The van der Waals surface area contributed by atoms with Crippen LogP contribution in [0.2, 0.25) is 0 Å². The number of carbonyl (C=O) groups is 1. The molecule has 0 radical (unpaired) electrons. The van der Waals surface area contributed by atoms with Crippen LogP contribution in [-0.4, -0.2) is 42.8 Å². The number of hydrogen-bond donors (Lipinski definition) is 1. The molecule has 1 fully saturated rings. The summed E-state index contributed by atoms with van der Waals surface area (Å²) in [7, 11) is 0. The number of piperazine rings is 1. The van der Waals surface area contributed by atoms with E-state index in [4.69, 9.17) is 4.74 Å². The third-order valence-electron chi connectivity index (χ3n) is 3.66. The van der Waals surface area contributed by atoms with Crippen LogP contribution in [0.25, 0.3) is 0 Å². The Morgan fingerprint density at radius 1 is 1.18 bits per heavy atom. The van der Waals surface area contributed by atoms with E-state index in [9.17, 15) is 4.79 Å². The third kappa shape index (κ3) is 4.32. The number of hydrogen-bond acceptors (Lipinski definition) is 4. The minimum Gasteiger partial charge on any atom is -0.444 e. The molecule has 2 rings (SSSR count). The molecular weight excluding hydrogens is 296 g/mol. The van der Waals surface area contributed by atoms with Crippen LogP contribution >= 0.6 is 12.6 Å². The smallest absolute Gasteiger partial charge is 0.410 e. The normalized spacial score (nSPS) is 17.3. The number of benzene rings is 1. The number of thiol groups is 1. The zero-order valence-electron chi connectivity index (χ0n) is 13.9. The largest absolute Gasteiger partial charge is 0.444 e. The zero-order chi connectivity index (χ0) is 16.3. The summed E-state index contributed by atoms with van der Waals surface area (Å²) < 4.78 is 5.44. The number of rotatable bonds is 2. The van der Waals surface area contributed by atoms with Crippen LogP contribution in [0, 0.1) is 0 Å². The van der Waals surface area contributed by atoms with E-state index in [-0.39, 0.29) is 11.3 Å². The highest BCUT2D eigenvalue weighted by Gasteiger charge is 2.26. The number of para-hydroxylation sites is 1. The summed E-state index contributed by atoms with van der Waals surface area (Å²) in [4.78, 5) is 16.2. The van der Waals surface area contributed by atoms with Gasteiger partial charge in [-0.2, -0.15) is 12.6 Å². The number of amides is 1. The Morgan fingerprint density at radius 2 is 1.77 bits per heavy atom. The van der Waals surface area contributed by atoms with E-state index >= 15 is 0 Å². The van der Waals surface area contributed by atoms with E-state index in [2.05, 4.69) is 42.7 Å². The average molecular weight is 322 g/mol. The van der Waals surface area contributed by atoms with Crippen molar-refractivity contribution in [2.45, 2.75) is 38.5 Å². The standard InChI is InChI=1S/C17H26N2O2S/c1-13(22)14-7-5-6-8-15(14)18-9-11-19(12-10-18)16(20)21-17(2,3)4/h5-8,13,22H,9-12H2,1-4H3. The van der Waals surface area contributed by atoms with Crippen molar-refractivity contribution in [3.63, 3.8) is 0 Å². The van der Waals surface area contributed by atoms with Crippen LogP contribution in [-0.2, 0) is 4.74 Å². The molecule has 1 aromatic rings. The lowest BCUT2D eigenvalue weighted by Crippen LogP contribution is -2.50. The van der Waals surface area contributed by atoms with Crippen molar-refractivity contribution in [1.82, 2.24) is 4.90 Å². The first-order chi connectivity index (χ1) is 10.3. The molecular formula is C17H26N2O2S. The fourth-order valence-electron chi connectivity index (χ4n) is 2.59. The van der Waals surface area contributed by atoms with Gasteiger partial charge in [-0.3, -0.25) is 0 Å². The Labute approximate surface area is 138 Å². The number of anilines is 1. The summed E-state index contributed by atoms with van der Waals surface area (Å²) in [6, 6.07) is 8.34. The van der Waals surface area contributed by atoms with E-state index in [1.54, 1.807) is 4.90 Å². The molecule has 0 N–H and O–H groups in total. The predicted octanol–water partition coefficient (Wildman–Crippen LogP) is 3.73. The number of ether oxygens (including phenoxy) is 1. The molecule has 1 aromatic carbocycles. The Morgan fingerprint density at radius 3 is 2.32 bits per heavy atom. The maximum Gasteiger partial charge on any atom is 0.410 e. The van der Waals surface area contributed by atoms with Crippen LogP contribution in [0.3, 0.4) is 0 Å². The van der Waals surface area contributed by atoms with Crippen molar-refractivity contribution >= 4 is 24.4 Å². The minimum atomic E-state index is -0.442. The molecule has 0 bridgehead atoms. The molecule has 122 valence electrons. The molecule has 1 atom stereocenters. The highest BCUT2D eigenvalue weighted by atomic mass is 32.1. The molecule has 1 aliphatic rings. The molecule has 4 nitrogen and oxygen atoms in total. The highest BCUT2D eigenvalue weighted by Crippen LogP contribution is 2.30. The van der Waals surface area contributed by atoms with Gasteiger partial charge in [0.15, 0.2) is 0 Å². The van der Waals surface area contributed by atoms with Gasteiger partial charge in [-0.05, 0) is 39.3 Å². The molecule has 0 aromatic heterocycles. The van der Waals surface area contributed by atoms with Gasteiger partial charge in [0.25, 0.3) is 0 Å². The van der Waals surface area contributed by atoms with Crippen LogP contribution < -0.4 is 4.90 Å². The molecule has 0 spiro atoms. The van der Waals surface area contributed by atoms with E-state index in [0.29, 0.717) is 13.1 Å². The zero-order valence-corrected chi connectivity index (χ0v) is 14.8. The maximum atomic E-state index is 12.1. The van der Waals surface area contributed by atoms with Crippen molar-refractivity contribution in [1.29, 1.82) is 0 Å². The Bertz CT molecular complexity index is 518. The molecule has 22 heavy (non-hydrogen) atoms. The van der Waals surface area contributed by atoms with E-state index in [1.807, 2.05) is 26.8 Å². The Hall–Kier alpha value is -1.36. The Balaban J connectivity index is 2.00. The highest BCUT2D eigenvalue weighted by molar-refractivity contribution is 7.80. The van der Waals surface area contributed by atoms with E-state index in [1.165, 1.54) is 11.3 Å². The van der Waals surface area contributed by atoms with Crippen molar-refractivity contribution in [2.24, 2.45) is 0 Å². The second kappa shape index (κ2) is 6.82. The average Bonchev–Trinajstić information content (AvgIpc) is 2.45. The summed E-state index contributed by atoms with van der Waals surface area (Å²) >= 11 is 4.56. The maximum absolute atomic E-state index is 12.1. The van der Waals surface area contributed by atoms with Crippen LogP contribution in [0.5, 0.6) is 0 Å². The number of nitrogens with zero attached hydrogens (tertiary/aromatic N) is 2. The fraction of sp³-hybridized carbons (Fsp3) is 0.588. The van der Waals surface area contributed by atoms with Crippen molar-refractivity contribution in [2.75, 3.05) is 31.1 Å². The number of carbonyl (C=O) groups excluding carboxylic acids is 1. The van der Waals surface area contributed by atoms with Gasteiger partial charge in [-0.25, -0.2) is 4.79 Å². The molecule has 0 aliphatic carbocycles. The van der Waals surface area contributed by atoms with Crippen LogP contribution in [0.1, 0.15) is 38.5 Å². The van der Waals surface area contributed by atoms with Gasteiger partial charge in [0, 0.05) is 37.1 Å². The Kier molecular flexibility index (Phi) is 5.27. The van der Waals surface area contributed by atoms with Crippen molar-refractivity contribution in [3.05, 3.63) is 29.8 Å². The van der Waals surface area contributed by atoms with Crippen molar-refractivity contribution < 1.29 is 9.53 Å². The predicted molar refractivity (Wildman–Crippen MR) is 93.9 cm³/mol. The summed E-state index contributed by atoms with van der Waals surface area (Å²) in [6.07, 6.45) is -0.219. The third-order valence-corrected chi connectivity index (χ3v) is 3.94. The second-order valence-electron chi connectivity index (χ2n) is 6.69. The van der Waals surface area contributed by atoms with Gasteiger partial charge in [0.1, 0.15) is 5.60 Å². The first-order valence-corrected chi connectivity index (χ1v) is 8.29. The van der Waals surface area contributed by atoms with Gasteiger partial charge in [-0.15, -0.1) is 0 Å². The fourth-order valence-corrected chi connectivity index (χ4v) is 2.80. The van der Waals surface area contributed by atoms with Gasteiger partial charge in [0.05, 0.1) is 0 Å². The molecule has 1 saturated heterocycles. The molecule has 1 heterocycles. The monoisotopic (exact) mass is 322 g/mol. The first-order valence-electron chi connectivity index (χ1n) is 7.78. The lowest BCUT2D eigenvalue weighted by Gasteiger charge is -2.37. The summed E-state index contributed by atoms with van der Waals surface area (Å²) in [5.41, 5.74) is 2.01. The summed E-state index contributed by atoms with van der Waals surface area (Å²) in [5.74, 6) is 0. The van der Waals surface area contributed by atoms with Gasteiger partial charge >= 0.3 is 6.09 Å². The van der Waals surface area contributed by atoms with E-state index < -0.39 is 5.60 Å². The van der Waals surface area contributed by atoms with Gasteiger partial charge < -0.3 is 14.5 Å². The second-order valence-corrected chi connectivity index (χ2v) is 7.46. The van der Waals surface area contributed by atoms with Crippen LogP contribution in [0.15, 0.2) is 24.3 Å². The molecule has 5 heteroatoms. The first kappa shape index (κ1) is 17.0. The lowest BCUT2D eigenvalue weighted by atomic mass is 10.1. The minimum absolute atomic E-state index is 0.195. The summed E-state index contributed by atoms with van der Waals surface area (Å²) in [6.45, 7) is 10.8. The molecule has 1 unspecified atom stereocenters.